The average molecular weight is 659 g/mol. The van der Waals surface area contributed by atoms with Gasteiger partial charge in [-0.15, -0.1) is 0 Å². The maximum atomic E-state index is 12.3. The van der Waals surface area contributed by atoms with Gasteiger partial charge in [0.1, 0.15) is 0 Å². The van der Waals surface area contributed by atoms with Gasteiger partial charge in [0.05, 0.1) is 32.0 Å². The Kier molecular flexibility index (Phi) is 10.9. The van der Waals surface area contributed by atoms with Gasteiger partial charge in [-0.25, -0.2) is 0 Å². The third-order valence-electron chi connectivity index (χ3n) is 9.61. The molecule has 3 aromatic rings. The second kappa shape index (κ2) is 15.3. The molecule has 10 heteroatoms. The molecule has 0 aromatic heterocycles. The second-order valence-electron chi connectivity index (χ2n) is 13.0. The molecule has 0 bridgehead atoms. The van der Waals surface area contributed by atoms with Crippen LogP contribution in [0.5, 0.6) is 0 Å². The number of carbonyl (C=O) groups is 2. The molecular weight excluding hydrogens is 612 g/mol. The summed E-state index contributed by atoms with van der Waals surface area (Å²) in [6.45, 7) is 9.23. The number of likely N-dealkylation sites (tertiary alicyclic amines) is 1. The van der Waals surface area contributed by atoms with Crippen molar-refractivity contribution in [2.45, 2.75) is 77.2 Å². The topological polar surface area (TPSA) is 116 Å². The van der Waals surface area contributed by atoms with Crippen LogP contribution < -0.4 is 5.32 Å². The highest BCUT2D eigenvalue weighted by molar-refractivity contribution is 5.82. The van der Waals surface area contributed by atoms with Gasteiger partial charge < -0.3 is 39.0 Å². The van der Waals surface area contributed by atoms with E-state index in [0.29, 0.717) is 19.8 Å². The number of ether oxygens (including phenoxy) is 5. The number of hydrogen-bond acceptors (Lipinski definition) is 9. The zero-order valence-electron chi connectivity index (χ0n) is 27.9. The third-order valence-corrected chi connectivity index (χ3v) is 9.61. The Morgan fingerprint density at radius 3 is 2.29 bits per heavy atom. The Morgan fingerprint density at radius 1 is 0.938 bits per heavy atom. The van der Waals surface area contributed by atoms with Crippen molar-refractivity contribution in [3.05, 3.63) is 95.1 Å². The summed E-state index contributed by atoms with van der Waals surface area (Å²) in [5, 5.41) is 12.4. The predicted octanol–water partition coefficient (Wildman–Crippen LogP) is 5.04. The van der Waals surface area contributed by atoms with Crippen LogP contribution in [0.2, 0.25) is 0 Å². The average Bonchev–Trinajstić information content (AvgIpc) is 3.57. The van der Waals surface area contributed by atoms with Crippen LogP contribution in [0.25, 0.3) is 11.1 Å². The van der Waals surface area contributed by atoms with E-state index >= 15 is 0 Å². The van der Waals surface area contributed by atoms with Gasteiger partial charge in [-0.2, -0.15) is 0 Å². The van der Waals surface area contributed by atoms with Crippen molar-refractivity contribution in [1.82, 2.24) is 10.2 Å². The molecule has 3 aliphatic rings. The predicted molar refractivity (Wildman–Crippen MR) is 178 cm³/mol. The number of nitrogens with one attached hydrogen (secondary N) is 1. The highest BCUT2D eigenvalue weighted by Gasteiger charge is 2.43. The second-order valence-corrected chi connectivity index (χ2v) is 13.0. The Hall–Kier alpha value is -3.64. The van der Waals surface area contributed by atoms with Crippen LogP contribution in [-0.2, 0) is 46.4 Å². The Bertz CT molecular complexity index is 1530. The highest BCUT2D eigenvalue weighted by atomic mass is 16.7. The maximum Gasteiger partial charge on any atom is 0.303 e. The van der Waals surface area contributed by atoms with Crippen molar-refractivity contribution < 1.29 is 38.4 Å². The van der Waals surface area contributed by atoms with E-state index in [0.717, 1.165) is 65.9 Å². The number of nitrogens with zero attached hydrogens (tertiary/aromatic N) is 1. The molecular formula is C38H46N2O8. The van der Waals surface area contributed by atoms with Gasteiger partial charge in [0.25, 0.3) is 5.91 Å². The summed E-state index contributed by atoms with van der Waals surface area (Å²) in [7, 11) is 0. The number of benzene rings is 3. The first-order valence-corrected chi connectivity index (χ1v) is 16.9. The number of rotatable bonds is 10. The Morgan fingerprint density at radius 2 is 1.62 bits per heavy atom. The van der Waals surface area contributed by atoms with Gasteiger partial charge in [0.2, 0.25) is 0 Å². The zero-order valence-corrected chi connectivity index (χ0v) is 27.9. The molecule has 0 aliphatic carbocycles. The molecule has 5 atom stereocenters. The summed E-state index contributed by atoms with van der Waals surface area (Å²) in [5.41, 5.74) is 5.82. The van der Waals surface area contributed by atoms with E-state index in [4.69, 9.17) is 23.7 Å². The van der Waals surface area contributed by atoms with E-state index in [1.807, 2.05) is 60.7 Å². The molecule has 0 unspecified atom stereocenters. The minimum absolute atomic E-state index is 0.00121. The summed E-state index contributed by atoms with van der Waals surface area (Å²) in [6, 6.07) is 24.2. The van der Waals surface area contributed by atoms with Crippen LogP contribution in [-0.4, -0.2) is 72.7 Å². The molecule has 1 spiro atoms. The van der Waals surface area contributed by atoms with Crippen molar-refractivity contribution in [3.63, 3.8) is 0 Å². The molecule has 6 rings (SSSR count). The van der Waals surface area contributed by atoms with Crippen LogP contribution in [0.3, 0.4) is 0 Å². The molecule has 48 heavy (non-hydrogen) atoms. The van der Waals surface area contributed by atoms with Gasteiger partial charge in [0, 0.05) is 57.4 Å². The summed E-state index contributed by atoms with van der Waals surface area (Å²) in [4.78, 5) is 25.9. The minimum Gasteiger partial charge on any atom is -0.453 e. The fraction of sp³-hybridized carbons (Fsp3) is 0.474. The van der Waals surface area contributed by atoms with E-state index in [1.165, 1.54) is 6.92 Å². The molecule has 3 heterocycles. The lowest BCUT2D eigenvalue weighted by molar-refractivity contribution is -0.278. The SMILES string of the molecule is CC(=O)O[C@@H](C)C(=O)NCc1cccc(-c2ccc([C@@H]3O[C@H](CN4CCC5(CC4)OCCO5)[C@H](C)[C@H](c4ccc(CO)cc4)O3)cc2)c1. The first kappa shape index (κ1) is 34.2. The zero-order chi connectivity index (χ0) is 33.7. The van der Waals surface area contributed by atoms with Crippen molar-refractivity contribution in [2.75, 3.05) is 32.8 Å². The van der Waals surface area contributed by atoms with Gasteiger partial charge in [0.15, 0.2) is 18.2 Å². The maximum absolute atomic E-state index is 12.3. The number of aliphatic hydroxyl groups excluding tert-OH is 1. The van der Waals surface area contributed by atoms with Crippen LogP contribution in [0.1, 0.15) is 68.3 Å². The van der Waals surface area contributed by atoms with E-state index in [1.54, 1.807) is 6.92 Å². The van der Waals surface area contributed by atoms with Crippen molar-refractivity contribution in [1.29, 1.82) is 0 Å². The van der Waals surface area contributed by atoms with Gasteiger partial charge in [-0.3, -0.25) is 9.59 Å². The number of hydrogen-bond donors (Lipinski definition) is 2. The Labute approximate surface area is 282 Å². The molecule has 3 aromatic carbocycles. The summed E-state index contributed by atoms with van der Waals surface area (Å²) in [6.07, 6.45) is 0.0410. The van der Waals surface area contributed by atoms with E-state index in [-0.39, 0.29) is 30.6 Å². The lowest BCUT2D eigenvalue weighted by atomic mass is 9.89. The normalized spacial score (nSPS) is 24.7. The molecule has 3 aliphatic heterocycles. The number of piperidine rings is 1. The molecule has 256 valence electrons. The third kappa shape index (κ3) is 8.14. The molecule has 3 fully saturated rings. The minimum atomic E-state index is -0.849. The molecule has 2 N–H and O–H groups in total. The Balaban J connectivity index is 1.15. The molecule has 10 nitrogen and oxygen atoms in total. The monoisotopic (exact) mass is 658 g/mol. The van der Waals surface area contributed by atoms with Crippen LogP contribution in [0.15, 0.2) is 72.8 Å². The lowest BCUT2D eigenvalue weighted by Gasteiger charge is -2.44. The largest absolute Gasteiger partial charge is 0.453 e. The molecule has 0 radical (unpaired) electrons. The van der Waals surface area contributed by atoms with Crippen LogP contribution in [0, 0.1) is 5.92 Å². The summed E-state index contributed by atoms with van der Waals surface area (Å²) < 4.78 is 30.3. The summed E-state index contributed by atoms with van der Waals surface area (Å²) in [5.74, 6) is -1.16. The van der Waals surface area contributed by atoms with E-state index in [2.05, 4.69) is 29.3 Å². The molecule has 3 saturated heterocycles. The van der Waals surface area contributed by atoms with E-state index < -0.39 is 24.2 Å². The smallest absolute Gasteiger partial charge is 0.303 e. The van der Waals surface area contributed by atoms with Crippen LogP contribution >= 0.6 is 0 Å². The van der Waals surface area contributed by atoms with Crippen molar-refractivity contribution in [2.24, 2.45) is 5.92 Å². The number of amides is 1. The fourth-order valence-electron chi connectivity index (χ4n) is 6.77. The lowest BCUT2D eigenvalue weighted by Crippen LogP contribution is -2.50. The first-order valence-electron chi connectivity index (χ1n) is 16.9. The van der Waals surface area contributed by atoms with Gasteiger partial charge >= 0.3 is 5.97 Å². The number of carbonyl (C=O) groups excluding carboxylic acids is 2. The van der Waals surface area contributed by atoms with Crippen LogP contribution in [0.4, 0.5) is 0 Å². The quantitative estimate of drug-likeness (QED) is 0.289. The molecule has 1 amide bonds. The van der Waals surface area contributed by atoms with Gasteiger partial charge in [-0.1, -0.05) is 73.7 Å². The number of esters is 1. The number of aliphatic hydroxyl groups is 1. The van der Waals surface area contributed by atoms with Crippen molar-refractivity contribution >= 4 is 11.9 Å². The van der Waals surface area contributed by atoms with Crippen molar-refractivity contribution in [3.8, 4) is 11.1 Å². The highest BCUT2D eigenvalue weighted by Crippen LogP contribution is 2.42. The van der Waals surface area contributed by atoms with E-state index in [9.17, 15) is 14.7 Å². The van der Waals surface area contributed by atoms with Gasteiger partial charge in [-0.05, 0) is 40.8 Å². The summed E-state index contributed by atoms with van der Waals surface area (Å²) >= 11 is 0. The molecule has 0 saturated carbocycles. The first-order chi connectivity index (χ1) is 23.2. The standard InChI is InChI=1S/C38H46N2O8/c1-25-34(23-40-17-15-38(16-18-40)44-19-20-45-38)47-37(48-35(25)31-9-7-28(24-41)8-10-31)32-13-11-30(12-14-32)33-6-4-5-29(21-33)22-39-36(43)26(2)46-27(3)42/h4-14,21,25-26,34-35,37,41H,15-20,22-24H2,1-3H3,(H,39,43)/t25-,26-,34+,35+,37+/m0/s1. The fourth-order valence-corrected chi connectivity index (χ4v) is 6.77.